The zero-order valence-corrected chi connectivity index (χ0v) is 10.3. The largest absolute Gasteiger partial charge is 0.191 e. The Labute approximate surface area is 88.2 Å². The molecule has 2 nitrogen and oxygen atoms in total. The Bertz CT molecular complexity index is 216. The molecule has 0 bridgehead atoms. The Morgan fingerprint density at radius 1 is 1.29 bits per heavy atom. The van der Waals surface area contributed by atoms with Gasteiger partial charge < -0.3 is 0 Å². The molecule has 0 aromatic carbocycles. The first kappa shape index (κ1) is 11.7. The fourth-order valence-electron chi connectivity index (χ4n) is 2.19. The maximum atomic E-state index is 4.18. The molecular weight excluding hydrogens is 172 g/mol. The van der Waals surface area contributed by atoms with Crippen molar-refractivity contribution in [2.75, 3.05) is 0 Å². The van der Waals surface area contributed by atoms with Crippen LogP contribution in [0.5, 0.6) is 0 Å². The van der Waals surface area contributed by atoms with Crippen LogP contribution >= 0.6 is 0 Å². The molecule has 1 aliphatic rings. The quantitative estimate of drug-likeness (QED) is 0.601. The summed E-state index contributed by atoms with van der Waals surface area (Å²) in [5.74, 6) is 0.576. The van der Waals surface area contributed by atoms with Crippen LogP contribution in [0, 0.1) is 11.3 Å². The average molecular weight is 196 g/mol. The third kappa shape index (κ3) is 2.15. The van der Waals surface area contributed by atoms with Gasteiger partial charge in [0.05, 0.1) is 0 Å². The second-order valence-electron chi connectivity index (χ2n) is 5.13. The molecular formula is C12H24N2. The molecule has 0 aromatic heterocycles. The molecule has 82 valence electrons. The van der Waals surface area contributed by atoms with Crippen LogP contribution in [0.25, 0.3) is 0 Å². The second kappa shape index (κ2) is 4.00. The van der Waals surface area contributed by atoms with Gasteiger partial charge in [0.1, 0.15) is 0 Å². The van der Waals surface area contributed by atoms with E-state index in [0.717, 1.165) is 0 Å². The van der Waals surface area contributed by atoms with E-state index in [-0.39, 0.29) is 5.66 Å². The second-order valence-corrected chi connectivity index (χ2v) is 5.13. The Balaban J connectivity index is 2.58. The predicted octanol–water partition coefficient (Wildman–Crippen LogP) is 4.41. The molecule has 1 aliphatic heterocycles. The van der Waals surface area contributed by atoms with Crippen molar-refractivity contribution in [3.8, 4) is 0 Å². The minimum absolute atomic E-state index is 0.0570. The molecule has 0 saturated carbocycles. The van der Waals surface area contributed by atoms with Crippen LogP contribution in [0.2, 0.25) is 0 Å². The van der Waals surface area contributed by atoms with E-state index in [4.69, 9.17) is 0 Å². The van der Waals surface area contributed by atoms with E-state index in [1.807, 2.05) is 0 Å². The van der Waals surface area contributed by atoms with E-state index in [1.54, 1.807) is 0 Å². The summed E-state index contributed by atoms with van der Waals surface area (Å²) in [6, 6.07) is 0. The van der Waals surface area contributed by atoms with Crippen LogP contribution in [0.15, 0.2) is 10.2 Å². The van der Waals surface area contributed by atoms with Crippen LogP contribution in [-0.4, -0.2) is 5.66 Å². The highest BCUT2D eigenvalue weighted by Gasteiger charge is 2.48. The standard InChI is InChI=1S/C12H24N2/c1-6-8-9-11(4,7-2)10(3)12(5)13-14-12/h10H,6-9H2,1-5H3/t10-,11?/m1/s1. The molecule has 1 rings (SSSR count). The summed E-state index contributed by atoms with van der Waals surface area (Å²) in [6.07, 6.45) is 5.15. The van der Waals surface area contributed by atoms with Crippen LogP contribution < -0.4 is 0 Å². The first-order valence-corrected chi connectivity index (χ1v) is 5.92. The zero-order chi connectivity index (χ0) is 10.8. The van der Waals surface area contributed by atoms with Crippen molar-refractivity contribution in [1.82, 2.24) is 0 Å². The van der Waals surface area contributed by atoms with Gasteiger partial charge in [-0.3, -0.25) is 0 Å². The Morgan fingerprint density at radius 3 is 2.21 bits per heavy atom. The highest BCUT2D eigenvalue weighted by Crippen LogP contribution is 2.48. The van der Waals surface area contributed by atoms with Gasteiger partial charge in [-0.15, -0.1) is 0 Å². The van der Waals surface area contributed by atoms with Gasteiger partial charge in [0.25, 0.3) is 0 Å². The van der Waals surface area contributed by atoms with Crippen LogP contribution in [0.1, 0.15) is 60.3 Å². The summed E-state index contributed by atoms with van der Waals surface area (Å²) in [4.78, 5) is 0. The Morgan fingerprint density at radius 2 is 1.86 bits per heavy atom. The number of nitrogens with zero attached hydrogens (tertiary/aromatic N) is 2. The predicted molar refractivity (Wildman–Crippen MR) is 60.3 cm³/mol. The van der Waals surface area contributed by atoms with E-state index < -0.39 is 0 Å². The van der Waals surface area contributed by atoms with Gasteiger partial charge in [-0.1, -0.05) is 47.0 Å². The molecule has 2 heteroatoms. The van der Waals surface area contributed by atoms with Crippen LogP contribution in [0.4, 0.5) is 0 Å². The molecule has 14 heavy (non-hydrogen) atoms. The van der Waals surface area contributed by atoms with E-state index in [9.17, 15) is 0 Å². The van der Waals surface area contributed by atoms with Crippen molar-refractivity contribution in [2.45, 2.75) is 66.0 Å². The first-order chi connectivity index (χ1) is 6.48. The highest BCUT2D eigenvalue weighted by atomic mass is 15.4. The lowest BCUT2D eigenvalue weighted by molar-refractivity contribution is 0.133. The van der Waals surface area contributed by atoms with E-state index >= 15 is 0 Å². The van der Waals surface area contributed by atoms with Gasteiger partial charge in [-0.25, -0.2) is 0 Å². The fraction of sp³-hybridized carbons (Fsp3) is 1.00. The molecule has 1 unspecified atom stereocenters. The monoisotopic (exact) mass is 196 g/mol. The van der Waals surface area contributed by atoms with E-state index in [2.05, 4.69) is 44.8 Å². The third-order valence-electron chi connectivity index (χ3n) is 4.19. The van der Waals surface area contributed by atoms with E-state index in [0.29, 0.717) is 11.3 Å². The van der Waals surface area contributed by atoms with Crippen molar-refractivity contribution in [3.05, 3.63) is 0 Å². The van der Waals surface area contributed by atoms with Gasteiger partial charge in [-0.2, -0.15) is 10.2 Å². The SMILES string of the molecule is CCCCC(C)(CC)[C@@H](C)C1(C)N=N1. The summed E-state index contributed by atoms with van der Waals surface area (Å²) in [7, 11) is 0. The molecule has 0 radical (unpaired) electrons. The molecule has 0 amide bonds. The van der Waals surface area contributed by atoms with E-state index in [1.165, 1.54) is 25.7 Å². The van der Waals surface area contributed by atoms with Gasteiger partial charge >= 0.3 is 0 Å². The smallest absolute Gasteiger partial charge is 0.159 e. The van der Waals surface area contributed by atoms with Crippen molar-refractivity contribution < 1.29 is 0 Å². The summed E-state index contributed by atoms with van der Waals surface area (Å²) in [5.41, 5.74) is 0.354. The molecule has 1 heterocycles. The number of hydrogen-bond donors (Lipinski definition) is 0. The zero-order valence-electron chi connectivity index (χ0n) is 10.3. The first-order valence-electron chi connectivity index (χ1n) is 5.92. The third-order valence-corrected chi connectivity index (χ3v) is 4.19. The lowest BCUT2D eigenvalue weighted by atomic mass is 9.68. The summed E-state index contributed by atoms with van der Waals surface area (Å²) < 4.78 is 0. The topological polar surface area (TPSA) is 24.7 Å². The van der Waals surface area contributed by atoms with Gasteiger partial charge in [0.2, 0.25) is 0 Å². The molecule has 0 saturated heterocycles. The van der Waals surface area contributed by atoms with Crippen LogP contribution in [0.3, 0.4) is 0 Å². The number of rotatable bonds is 6. The summed E-state index contributed by atoms with van der Waals surface area (Å²) >= 11 is 0. The molecule has 0 N–H and O–H groups in total. The minimum Gasteiger partial charge on any atom is -0.159 e. The van der Waals surface area contributed by atoms with Crippen molar-refractivity contribution in [3.63, 3.8) is 0 Å². The minimum atomic E-state index is -0.0570. The number of hydrogen-bond acceptors (Lipinski definition) is 2. The maximum Gasteiger partial charge on any atom is 0.191 e. The lowest BCUT2D eigenvalue weighted by Gasteiger charge is -2.36. The molecule has 0 aliphatic carbocycles. The van der Waals surface area contributed by atoms with Crippen molar-refractivity contribution >= 4 is 0 Å². The van der Waals surface area contributed by atoms with Crippen LogP contribution in [-0.2, 0) is 0 Å². The highest BCUT2D eigenvalue weighted by molar-refractivity contribution is 4.99. The maximum absolute atomic E-state index is 4.18. The molecule has 2 atom stereocenters. The lowest BCUT2D eigenvalue weighted by Crippen LogP contribution is -2.34. The van der Waals surface area contributed by atoms with Gasteiger partial charge in [0.15, 0.2) is 5.66 Å². The molecule has 0 spiro atoms. The van der Waals surface area contributed by atoms with Gasteiger partial charge in [0, 0.05) is 5.92 Å². The summed E-state index contributed by atoms with van der Waals surface area (Å²) in [5, 5.41) is 8.36. The van der Waals surface area contributed by atoms with Crippen molar-refractivity contribution in [2.24, 2.45) is 21.6 Å². The Kier molecular flexibility index (Phi) is 3.33. The Hall–Kier alpha value is -0.400. The normalized spacial score (nSPS) is 24.4. The van der Waals surface area contributed by atoms with Crippen molar-refractivity contribution in [1.29, 1.82) is 0 Å². The molecule has 0 aromatic rings. The summed E-state index contributed by atoms with van der Waals surface area (Å²) in [6.45, 7) is 11.4. The average Bonchev–Trinajstić information content (AvgIpc) is 2.93. The van der Waals surface area contributed by atoms with Gasteiger partial charge in [-0.05, 0) is 18.8 Å². The molecule has 0 fully saturated rings. The fourth-order valence-corrected chi connectivity index (χ4v) is 2.19. The number of unbranched alkanes of at least 4 members (excludes halogenated alkanes) is 1.